The molecule has 3 rings (SSSR count). The van der Waals surface area contributed by atoms with Gasteiger partial charge < -0.3 is 15.0 Å². The fraction of sp³-hybridized carbons (Fsp3) is 0.333. The minimum Gasteiger partial charge on any atom is -0.380 e. The summed E-state index contributed by atoms with van der Waals surface area (Å²) in [5, 5.41) is 3.36. The lowest BCUT2D eigenvalue weighted by Gasteiger charge is -2.36. The Hall–Kier alpha value is -2.24. The second-order valence-electron chi connectivity index (χ2n) is 5.63. The molecule has 1 aromatic heterocycles. The maximum Gasteiger partial charge on any atom is 0.254 e. The van der Waals surface area contributed by atoms with Crippen LogP contribution >= 0.6 is 0 Å². The summed E-state index contributed by atoms with van der Waals surface area (Å²) < 4.78 is 5.11. The Morgan fingerprint density at radius 2 is 2.00 bits per heavy atom. The number of hydrogen-bond donors (Lipinski definition) is 1. The number of carbonyl (C=O) groups excluding carboxylic acids is 1. The van der Waals surface area contributed by atoms with Crippen molar-refractivity contribution in [3.63, 3.8) is 0 Å². The van der Waals surface area contributed by atoms with Crippen molar-refractivity contribution in [1.29, 1.82) is 0 Å². The van der Waals surface area contributed by atoms with E-state index in [0.29, 0.717) is 18.7 Å². The number of hydrogen-bond acceptors (Lipinski definition) is 4. The molecule has 1 aliphatic rings. The summed E-state index contributed by atoms with van der Waals surface area (Å²) in [5.41, 5.74) is 2.89. The van der Waals surface area contributed by atoms with Gasteiger partial charge in [0.15, 0.2) is 0 Å². The van der Waals surface area contributed by atoms with Crippen LogP contribution in [0.2, 0.25) is 0 Å². The molecule has 0 bridgehead atoms. The van der Waals surface area contributed by atoms with E-state index in [2.05, 4.69) is 10.3 Å². The smallest absolute Gasteiger partial charge is 0.254 e. The SMILES string of the molecule is COCc1ccc(C(=O)N2CCNCC2c2ccncc2)cc1. The van der Waals surface area contributed by atoms with Crippen LogP contribution in [0.1, 0.15) is 27.5 Å². The molecule has 1 N–H and O–H groups in total. The molecule has 120 valence electrons. The fourth-order valence-corrected chi connectivity index (χ4v) is 2.91. The number of nitrogens with zero attached hydrogens (tertiary/aromatic N) is 2. The molecule has 0 radical (unpaired) electrons. The highest BCUT2D eigenvalue weighted by molar-refractivity contribution is 5.94. The standard InChI is InChI=1S/C18H21N3O2/c1-23-13-14-2-4-16(5-3-14)18(22)21-11-10-20-12-17(21)15-6-8-19-9-7-15/h2-9,17,20H,10-13H2,1H3. The lowest BCUT2D eigenvalue weighted by atomic mass is 10.0. The minimum atomic E-state index is 0.0397. The molecule has 2 aromatic rings. The van der Waals surface area contributed by atoms with Gasteiger partial charge in [0.05, 0.1) is 12.6 Å². The Kier molecular flexibility index (Phi) is 5.00. The van der Waals surface area contributed by atoms with E-state index in [-0.39, 0.29) is 11.9 Å². The highest BCUT2D eigenvalue weighted by Gasteiger charge is 2.28. The van der Waals surface area contributed by atoms with Crippen LogP contribution in [0.3, 0.4) is 0 Å². The normalized spacial score (nSPS) is 18.0. The van der Waals surface area contributed by atoms with Crippen molar-refractivity contribution in [3.8, 4) is 0 Å². The molecular formula is C18H21N3O2. The van der Waals surface area contributed by atoms with Crippen LogP contribution in [0.25, 0.3) is 0 Å². The number of carbonyl (C=O) groups is 1. The van der Waals surface area contributed by atoms with E-state index < -0.39 is 0 Å². The first-order chi connectivity index (χ1) is 11.3. The maximum atomic E-state index is 12.9. The number of piperazine rings is 1. The van der Waals surface area contributed by atoms with Crippen molar-refractivity contribution in [1.82, 2.24) is 15.2 Å². The number of ether oxygens (including phenoxy) is 1. The molecule has 2 heterocycles. The van der Waals surface area contributed by atoms with Crippen LogP contribution in [0.5, 0.6) is 0 Å². The summed E-state index contributed by atoms with van der Waals surface area (Å²) in [7, 11) is 1.67. The first-order valence-corrected chi connectivity index (χ1v) is 7.79. The molecule has 23 heavy (non-hydrogen) atoms. The van der Waals surface area contributed by atoms with E-state index in [9.17, 15) is 4.79 Å². The highest BCUT2D eigenvalue weighted by Crippen LogP contribution is 2.23. The van der Waals surface area contributed by atoms with Gasteiger partial charge in [-0.25, -0.2) is 0 Å². The topological polar surface area (TPSA) is 54.5 Å². The average molecular weight is 311 g/mol. The van der Waals surface area contributed by atoms with Crippen molar-refractivity contribution in [3.05, 3.63) is 65.5 Å². The number of aromatic nitrogens is 1. The van der Waals surface area contributed by atoms with Crippen LogP contribution in [0.4, 0.5) is 0 Å². The second-order valence-corrected chi connectivity index (χ2v) is 5.63. The van der Waals surface area contributed by atoms with Gasteiger partial charge in [-0.15, -0.1) is 0 Å². The third-order valence-corrected chi connectivity index (χ3v) is 4.11. The van der Waals surface area contributed by atoms with Gasteiger partial charge in [0, 0.05) is 44.7 Å². The average Bonchev–Trinajstić information content (AvgIpc) is 2.63. The number of pyridine rings is 1. The van der Waals surface area contributed by atoms with Crippen molar-refractivity contribution in [2.45, 2.75) is 12.6 Å². The monoisotopic (exact) mass is 311 g/mol. The molecule has 5 heteroatoms. The molecule has 0 spiro atoms. The predicted molar refractivity (Wildman–Crippen MR) is 88.0 cm³/mol. The van der Waals surface area contributed by atoms with Gasteiger partial charge in [-0.1, -0.05) is 12.1 Å². The largest absolute Gasteiger partial charge is 0.380 e. The van der Waals surface area contributed by atoms with Gasteiger partial charge in [-0.05, 0) is 35.4 Å². The van der Waals surface area contributed by atoms with Gasteiger partial charge in [0.2, 0.25) is 0 Å². The Morgan fingerprint density at radius 3 is 2.70 bits per heavy atom. The lowest BCUT2D eigenvalue weighted by Crippen LogP contribution is -2.48. The van der Waals surface area contributed by atoms with Gasteiger partial charge in [0.1, 0.15) is 0 Å². The Morgan fingerprint density at radius 1 is 1.26 bits per heavy atom. The van der Waals surface area contributed by atoms with Crippen molar-refractivity contribution < 1.29 is 9.53 Å². The molecule has 1 saturated heterocycles. The molecule has 0 aliphatic carbocycles. The summed E-state index contributed by atoms with van der Waals surface area (Å²) in [5.74, 6) is 0.0669. The van der Waals surface area contributed by atoms with Gasteiger partial charge in [-0.2, -0.15) is 0 Å². The van der Waals surface area contributed by atoms with E-state index in [1.807, 2.05) is 41.3 Å². The number of nitrogens with one attached hydrogen (secondary N) is 1. The molecule has 1 unspecified atom stereocenters. The first kappa shape index (κ1) is 15.6. The predicted octanol–water partition coefficient (Wildman–Crippen LogP) is 2.01. The molecule has 1 atom stereocenters. The lowest BCUT2D eigenvalue weighted by molar-refractivity contribution is 0.0634. The number of amides is 1. The summed E-state index contributed by atoms with van der Waals surface area (Å²) in [6, 6.07) is 11.6. The van der Waals surface area contributed by atoms with Crippen LogP contribution in [0, 0.1) is 0 Å². The minimum absolute atomic E-state index is 0.0397. The second kappa shape index (κ2) is 7.35. The van der Waals surface area contributed by atoms with Gasteiger partial charge >= 0.3 is 0 Å². The molecule has 1 fully saturated rings. The van der Waals surface area contributed by atoms with Crippen LogP contribution < -0.4 is 5.32 Å². The zero-order valence-electron chi connectivity index (χ0n) is 13.2. The fourth-order valence-electron chi connectivity index (χ4n) is 2.91. The number of methoxy groups -OCH3 is 1. The highest BCUT2D eigenvalue weighted by atomic mass is 16.5. The zero-order chi connectivity index (χ0) is 16.1. The maximum absolute atomic E-state index is 12.9. The van der Waals surface area contributed by atoms with E-state index >= 15 is 0 Å². The molecule has 1 aromatic carbocycles. The Labute approximate surface area is 136 Å². The summed E-state index contributed by atoms with van der Waals surface area (Å²) in [6.07, 6.45) is 3.54. The summed E-state index contributed by atoms with van der Waals surface area (Å²) in [4.78, 5) is 18.9. The Bertz CT molecular complexity index is 643. The van der Waals surface area contributed by atoms with Crippen LogP contribution in [-0.2, 0) is 11.3 Å². The van der Waals surface area contributed by atoms with Crippen LogP contribution in [0.15, 0.2) is 48.8 Å². The number of benzene rings is 1. The number of rotatable bonds is 4. The van der Waals surface area contributed by atoms with E-state index in [0.717, 1.165) is 24.2 Å². The quantitative estimate of drug-likeness (QED) is 0.938. The molecule has 5 nitrogen and oxygen atoms in total. The van der Waals surface area contributed by atoms with E-state index in [1.165, 1.54) is 0 Å². The van der Waals surface area contributed by atoms with E-state index in [4.69, 9.17) is 4.74 Å². The summed E-state index contributed by atoms with van der Waals surface area (Å²) >= 11 is 0. The zero-order valence-corrected chi connectivity index (χ0v) is 13.2. The van der Waals surface area contributed by atoms with Crippen molar-refractivity contribution in [2.24, 2.45) is 0 Å². The van der Waals surface area contributed by atoms with Gasteiger partial charge in [-0.3, -0.25) is 9.78 Å². The molecule has 1 aliphatic heterocycles. The third kappa shape index (κ3) is 3.57. The first-order valence-electron chi connectivity index (χ1n) is 7.79. The molecule has 0 saturated carbocycles. The van der Waals surface area contributed by atoms with Crippen molar-refractivity contribution in [2.75, 3.05) is 26.7 Å². The van der Waals surface area contributed by atoms with Gasteiger partial charge in [0.25, 0.3) is 5.91 Å². The summed E-state index contributed by atoms with van der Waals surface area (Å²) in [6.45, 7) is 2.83. The molecule has 1 amide bonds. The van der Waals surface area contributed by atoms with Crippen LogP contribution in [-0.4, -0.2) is 42.5 Å². The van der Waals surface area contributed by atoms with Crippen molar-refractivity contribution >= 4 is 5.91 Å². The Balaban J connectivity index is 1.81. The third-order valence-electron chi connectivity index (χ3n) is 4.11. The molecular weight excluding hydrogens is 290 g/mol. The van der Waals surface area contributed by atoms with E-state index in [1.54, 1.807) is 19.5 Å².